The molecule has 0 amide bonds. The van der Waals surface area contributed by atoms with Crippen LogP contribution in [0, 0.1) is 0 Å². The van der Waals surface area contributed by atoms with Crippen molar-refractivity contribution in [3.05, 3.63) is 12.2 Å². The number of rotatable bonds is 2. The van der Waals surface area contributed by atoms with Gasteiger partial charge in [0, 0.05) is 19.4 Å². The van der Waals surface area contributed by atoms with Gasteiger partial charge in [-0.25, -0.2) is 0 Å². The van der Waals surface area contributed by atoms with Crippen LogP contribution in [0.1, 0.15) is 12.8 Å². The van der Waals surface area contributed by atoms with Gasteiger partial charge in [-0.15, -0.1) is 0 Å². The van der Waals surface area contributed by atoms with Crippen LogP contribution >= 0.6 is 0 Å². The molecular weight excluding hydrogens is 160 g/mol. The zero-order valence-electron chi connectivity index (χ0n) is 6.60. The van der Waals surface area contributed by atoms with Gasteiger partial charge in [-0.2, -0.15) is 0 Å². The molecule has 0 aromatic heterocycles. The lowest BCUT2D eigenvalue weighted by Crippen LogP contribution is -2.43. The third-order valence-electron chi connectivity index (χ3n) is 2.00. The van der Waals surface area contributed by atoms with Gasteiger partial charge in [0.1, 0.15) is 5.60 Å². The van der Waals surface area contributed by atoms with Crippen molar-refractivity contribution in [2.24, 2.45) is 0 Å². The van der Waals surface area contributed by atoms with E-state index in [0.29, 0.717) is 0 Å². The third-order valence-corrected chi connectivity index (χ3v) is 2.00. The second-order valence-electron chi connectivity index (χ2n) is 3.00. The molecule has 0 unspecified atom stereocenters. The van der Waals surface area contributed by atoms with Crippen molar-refractivity contribution in [1.29, 1.82) is 0 Å². The molecule has 0 aromatic carbocycles. The summed E-state index contributed by atoms with van der Waals surface area (Å²) < 4.78 is 0. The lowest BCUT2D eigenvalue weighted by atomic mass is 9.84. The molecule has 1 aliphatic carbocycles. The molecule has 0 saturated carbocycles. The first-order valence-corrected chi connectivity index (χ1v) is 3.82. The Morgan fingerprint density at radius 2 is 2.33 bits per heavy atom. The van der Waals surface area contributed by atoms with Crippen molar-refractivity contribution in [1.82, 2.24) is 0 Å². The second kappa shape index (κ2) is 3.35. The van der Waals surface area contributed by atoms with Gasteiger partial charge in [-0.05, 0) is 6.08 Å². The summed E-state index contributed by atoms with van der Waals surface area (Å²) in [5.74, 6) is -0.443. The molecule has 2 atom stereocenters. The quantitative estimate of drug-likeness (QED) is 0.498. The molecule has 0 spiro atoms. The lowest BCUT2D eigenvalue weighted by molar-refractivity contribution is -0.137. The zero-order valence-corrected chi connectivity index (χ0v) is 6.60. The summed E-state index contributed by atoms with van der Waals surface area (Å²) >= 11 is 0. The zero-order chi connectivity index (χ0) is 9.19. The topological polar surface area (TPSA) is 77.8 Å². The fraction of sp³-hybridized carbons (Fsp3) is 0.625. The summed E-state index contributed by atoms with van der Waals surface area (Å²) in [6, 6.07) is 0. The number of hydrogen-bond donors (Lipinski definition) is 3. The van der Waals surface area contributed by atoms with Crippen LogP contribution in [0.3, 0.4) is 0 Å². The Morgan fingerprint density at radius 1 is 1.67 bits per heavy atom. The van der Waals surface area contributed by atoms with Crippen LogP contribution in [0.25, 0.3) is 0 Å². The van der Waals surface area contributed by atoms with E-state index in [1.165, 1.54) is 6.08 Å². The van der Waals surface area contributed by atoms with Crippen LogP contribution in [0.2, 0.25) is 0 Å². The molecule has 0 radical (unpaired) electrons. The predicted molar refractivity (Wildman–Crippen MR) is 41.4 cm³/mol. The highest BCUT2D eigenvalue weighted by molar-refractivity contribution is 5.97. The molecule has 0 aliphatic heterocycles. The summed E-state index contributed by atoms with van der Waals surface area (Å²) in [6.07, 6.45) is 1.66. The first kappa shape index (κ1) is 9.38. The van der Waals surface area contributed by atoms with E-state index in [1.54, 1.807) is 0 Å². The van der Waals surface area contributed by atoms with Crippen molar-refractivity contribution in [3.63, 3.8) is 0 Å². The van der Waals surface area contributed by atoms with Gasteiger partial charge in [-0.1, -0.05) is 6.08 Å². The van der Waals surface area contributed by atoms with E-state index < -0.39 is 17.5 Å². The number of aliphatic hydroxyl groups is 3. The average Bonchev–Trinajstić information content (AvgIpc) is 1.98. The number of carbonyl (C=O) groups excluding carboxylic acids is 1. The van der Waals surface area contributed by atoms with E-state index in [2.05, 4.69) is 0 Å². The van der Waals surface area contributed by atoms with E-state index in [1.807, 2.05) is 0 Å². The molecule has 0 heterocycles. The lowest BCUT2D eigenvalue weighted by Gasteiger charge is -2.29. The second-order valence-corrected chi connectivity index (χ2v) is 3.00. The fourth-order valence-electron chi connectivity index (χ4n) is 1.28. The molecule has 0 aromatic rings. The van der Waals surface area contributed by atoms with Crippen LogP contribution in [0.15, 0.2) is 12.2 Å². The predicted octanol–water partition coefficient (Wildman–Crippen LogP) is -1.01. The van der Waals surface area contributed by atoms with Crippen LogP contribution in [0.5, 0.6) is 0 Å². The molecule has 4 heteroatoms. The van der Waals surface area contributed by atoms with Crippen LogP contribution < -0.4 is 0 Å². The summed E-state index contributed by atoms with van der Waals surface area (Å²) in [5.41, 5.74) is -1.57. The minimum absolute atomic E-state index is 0.0206. The summed E-state index contributed by atoms with van der Waals surface area (Å²) in [6.45, 7) is -0.261. The smallest absolute Gasteiger partial charge is 0.187 e. The number of aliphatic hydroxyl groups excluding tert-OH is 2. The number of ketones is 1. The molecule has 4 nitrogen and oxygen atoms in total. The van der Waals surface area contributed by atoms with E-state index in [9.17, 15) is 9.90 Å². The minimum atomic E-state index is -1.57. The summed E-state index contributed by atoms with van der Waals surface area (Å²) in [4.78, 5) is 11.1. The van der Waals surface area contributed by atoms with Gasteiger partial charge in [-0.3, -0.25) is 4.79 Å². The maximum absolute atomic E-state index is 11.1. The van der Waals surface area contributed by atoms with Crippen molar-refractivity contribution in [3.8, 4) is 0 Å². The van der Waals surface area contributed by atoms with Gasteiger partial charge in [0.25, 0.3) is 0 Å². The van der Waals surface area contributed by atoms with Crippen LogP contribution in [0.4, 0.5) is 0 Å². The molecule has 12 heavy (non-hydrogen) atoms. The van der Waals surface area contributed by atoms with Gasteiger partial charge < -0.3 is 15.3 Å². The average molecular weight is 172 g/mol. The fourth-order valence-corrected chi connectivity index (χ4v) is 1.28. The summed E-state index contributed by atoms with van der Waals surface area (Å²) in [5, 5.41) is 27.3. The van der Waals surface area contributed by atoms with Crippen molar-refractivity contribution >= 4 is 5.78 Å². The Morgan fingerprint density at radius 3 is 2.92 bits per heavy atom. The van der Waals surface area contributed by atoms with E-state index in [4.69, 9.17) is 10.2 Å². The molecule has 3 N–H and O–H groups in total. The highest BCUT2D eigenvalue weighted by atomic mass is 16.3. The highest BCUT2D eigenvalue weighted by Gasteiger charge is 2.37. The van der Waals surface area contributed by atoms with E-state index in [0.717, 1.165) is 6.08 Å². The van der Waals surface area contributed by atoms with Gasteiger partial charge in [0.15, 0.2) is 5.78 Å². The largest absolute Gasteiger partial charge is 0.396 e. The highest BCUT2D eigenvalue weighted by Crippen LogP contribution is 2.23. The molecule has 1 aliphatic rings. The first-order valence-electron chi connectivity index (χ1n) is 3.82. The van der Waals surface area contributed by atoms with E-state index >= 15 is 0 Å². The Kier molecular flexibility index (Phi) is 2.62. The SMILES string of the molecule is O=C1C=C[C@H](O)C[C@@]1(O)CCO. The molecular formula is C8H12O4. The Hall–Kier alpha value is -0.710. The maximum Gasteiger partial charge on any atom is 0.187 e. The van der Waals surface area contributed by atoms with E-state index in [-0.39, 0.29) is 19.4 Å². The first-order chi connectivity index (χ1) is 5.58. The van der Waals surface area contributed by atoms with Crippen LogP contribution in [-0.4, -0.2) is 39.4 Å². The molecule has 0 bridgehead atoms. The molecule has 1 rings (SSSR count). The maximum atomic E-state index is 11.1. The van der Waals surface area contributed by atoms with Crippen molar-refractivity contribution in [2.75, 3.05) is 6.61 Å². The molecule has 68 valence electrons. The Labute approximate surface area is 70.1 Å². The number of carbonyl (C=O) groups is 1. The molecule has 0 saturated heterocycles. The standard InChI is InChI=1S/C8H12O4/c9-4-3-8(12)5-6(10)1-2-7(8)11/h1-2,6,9-10,12H,3-5H2/t6-,8-/m0/s1. The Bertz CT molecular complexity index is 211. The third kappa shape index (κ3) is 1.72. The molecule has 0 fully saturated rings. The Balaban J connectivity index is 2.76. The monoisotopic (exact) mass is 172 g/mol. The normalized spacial score (nSPS) is 35.6. The van der Waals surface area contributed by atoms with Crippen molar-refractivity contribution in [2.45, 2.75) is 24.5 Å². The van der Waals surface area contributed by atoms with Crippen molar-refractivity contribution < 1.29 is 20.1 Å². The van der Waals surface area contributed by atoms with Gasteiger partial charge in [0.05, 0.1) is 6.10 Å². The van der Waals surface area contributed by atoms with Crippen LogP contribution in [-0.2, 0) is 4.79 Å². The van der Waals surface area contributed by atoms with Gasteiger partial charge >= 0.3 is 0 Å². The minimum Gasteiger partial charge on any atom is -0.396 e. The van der Waals surface area contributed by atoms with Gasteiger partial charge in [0.2, 0.25) is 0 Å². The number of hydrogen-bond acceptors (Lipinski definition) is 4. The summed E-state index contributed by atoms with van der Waals surface area (Å²) in [7, 11) is 0.